The van der Waals surface area contributed by atoms with Crippen molar-refractivity contribution in [2.24, 2.45) is 0 Å². The van der Waals surface area contributed by atoms with Gasteiger partial charge >= 0.3 is 6.18 Å². The van der Waals surface area contributed by atoms with Crippen LogP contribution >= 0.6 is 0 Å². The Kier molecular flexibility index (Phi) is 3.54. The van der Waals surface area contributed by atoms with Crippen molar-refractivity contribution < 1.29 is 26.0 Å². The van der Waals surface area contributed by atoms with Gasteiger partial charge in [0.2, 0.25) is 0 Å². The van der Waals surface area contributed by atoms with Crippen LogP contribution in [-0.2, 0) is 16.0 Å². The van der Waals surface area contributed by atoms with Crippen LogP contribution in [0.4, 0.5) is 17.6 Å². The Balaban J connectivity index is 2.27. The number of benzene rings is 1. The number of alkyl halides is 4. The number of hydrazine groups is 1. The Bertz CT molecular complexity index is 556. The molecule has 0 aliphatic carbocycles. The van der Waals surface area contributed by atoms with Crippen molar-refractivity contribution in [2.75, 3.05) is 0 Å². The zero-order valence-electron chi connectivity index (χ0n) is 9.41. The summed E-state index contributed by atoms with van der Waals surface area (Å²) in [7, 11) is -3.91. The predicted molar refractivity (Wildman–Crippen MR) is 58.2 cm³/mol. The molecular formula is C10H10F4N2O2S. The molecule has 0 radical (unpaired) electrons. The first kappa shape index (κ1) is 14.2. The van der Waals surface area contributed by atoms with Gasteiger partial charge in [0, 0.05) is 6.42 Å². The molecule has 2 atom stereocenters. The second-order valence-electron chi connectivity index (χ2n) is 4.05. The van der Waals surface area contributed by atoms with Crippen LogP contribution in [0.25, 0.3) is 0 Å². The molecule has 19 heavy (non-hydrogen) atoms. The molecule has 0 saturated carbocycles. The number of sulfone groups is 1. The molecule has 2 unspecified atom stereocenters. The SMILES string of the molecule is O=S(=O)(c1ccc(C(F)(F)F)cc1)C1CC(F)NN1. The van der Waals surface area contributed by atoms with Gasteiger partial charge in [-0.2, -0.15) is 13.2 Å². The van der Waals surface area contributed by atoms with E-state index < -0.39 is 33.2 Å². The van der Waals surface area contributed by atoms with Gasteiger partial charge in [-0.1, -0.05) is 0 Å². The van der Waals surface area contributed by atoms with E-state index in [-0.39, 0.29) is 11.3 Å². The van der Waals surface area contributed by atoms with E-state index in [1.807, 2.05) is 0 Å². The molecule has 1 aliphatic heterocycles. The van der Waals surface area contributed by atoms with E-state index in [1.54, 1.807) is 0 Å². The molecule has 4 nitrogen and oxygen atoms in total. The van der Waals surface area contributed by atoms with Crippen LogP contribution in [0.15, 0.2) is 29.2 Å². The quantitative estimate of drug-likeness (QED) is 0.643. The third kappa shape index (κ3) is 2.88. The fourth-order valence-corrected chi connectivity index (χ4v) is 3.18. The highest BCUT2D eigenvalue weighted by molar-refractivity contribution is 7.92. The molecule has 2 N–H and O–H groups in total. The highest BCUT2D eigenvalue weighted by atomic mass is 32.2. The van der Waals surface area contributed by atoms with Gasteiger partial charge in [0.05, 0.1) is 10.5 Å². The molecule has 1 aliphatic rings. The smallest absolute Gasteiger partial charge is 0.237 e. The fraction of sp³-hybridized carbons (Fsp3) is 0.400. The largest absolute Gasteiger partial charge is 0.416 e. The highest BCUT2D eigenvalue weighted by Gasteiger charge is 2.36. The lowest BCUT2D eigenvalue weighted by molar-refractivity contribution is -0.137. The maximum Gasteiger partial charge on any atom is 0.416 e. The maximum absolute atomic E-state index is 12.9. The summed E-state index contributed by atoms with van der Waals surface area (Å²) in [5.74, 6) is 0. The molecule has 9 heteroatoms. The minimum atomic E-state index is -4.53. The van der Waals surface area contributed by atoms with Crippen molar-refractivity contribution in [1.82, 2.24) is 10.9 Å². The summed E-state index contributed by atoms with van der Waals surface area (Å²) in [6.45, 7) is 0. The van der Waals surface area contributed by atoms with Gasteiger partial charge in [0.15, 0.2) is 16.1 Å². The summed E-state index contributed by atoms with van der Waals surface area (Å²) in [5.41, 5.74) is 3.42. The first-order chi connectivity index (χ1) is 8.71. The molecule has 1 heterocycles. The fourth-order valence-electron chi connectivity index (χ4n) is 1.69. The average Bonchev–Trinajstić information content (AvgIpc) is 2.76. The lowest BCUT2D eigenvalue weighted by atomic mass is 10.2. The van der Waals surface area contributed by atoms with E-state index in [2.05, 4.69) is 10.9 Å². The van der Waals surface area contributed by atoms with Gasteiger partial charge in [-0.25, -0.2) is 23.7 Å². The number of hydrogen-bond acceptors (Lipinski definition) is 4. The van der Waals surface area contributed by atoms with Gasteiger partial charge in [-0.15, -0.1) is 0 Å². The standard InChI is InChI=1S/C10H10F4N2O2S/c11-8-5-9(16-15-8)19(17,18)7-3-1-6(2-4-7)10(12,13)14/h1-4,8-9,15-16H,5H2. The number of hydrogen-bond donors (Lipinski definition) is 2. The van der Waals surface area contributed by atoms with Crippen LogP contribution in [0.2, 0.25) is 0 Å². The monoisotopic (exact) mass is 298 g/mol. The van der Waals surface area contributed by atoms with E-state index in [0.717, 1.165) is 12.1 Å². The molecule has 1 aromatic carbocycles. The van der Waals surface area contributed by atoms with E-state index in [1.165, 1.54) is 0 Å². The Hall–Kier alpha value is -1.19. The minimum Gasteiger partial charge on any atom is -0.237 e. The lowest BCUT2D eigenvalue weighted by Crippen LogP contribution is -2.36. The summed E-state index contributed by atoms with van der Waals surface area (Å²) in [6, 6.07) is 3.10. The van der Waals surface area contributed by atoms with Crippen LogP contribution in [0.1, 0.15) is 12.0 Å². The van der Waals surface area contributed by atoms with Crippen molar-refractivity contribution >= 4 is 9.84 Å². The molecule has 2 rings (SSSR count). The van der Waals surface area contributed by atoms with E-state index in [4.69, 9.17) is 0 Å². The average molecular weight is 298 g/mol. The molecule has 1 fully saturated rings. The third-order valence-electron chi connectivity index (χ3n) is 2.71. The van der Waals surface area contributed by atoms with Crippen LogP contribution in [-0.4, -0.2) is 20.1 Å². The summed E-state index contributed by atoms with van der Waals surface area (Å²) >= 11 is 0. The van der Waals surface area contributed by atoms with Gasteiger partial charge in [-0.05, 0) is 24.3 Å². The van der Waals surface area contributed by atoms with Crippen molar-refractivity contribution in [1.29, 1.82) is 0 Å². The molecule has 0 aromatic heterocycles. The van der Waals surface area contributed by atoms with Crippen LogP contribution in [0, 0.1) is 0 Å². The van der Waals surface area contributed by atoms with E-state index in [0.29, 0.717) is 12.1 Å². The first-order valence-corrected chi connectivity index (χ1v) is 6.82. The minimum absolute atomic E-state index is 0.283. The van der Waals surface area contributed by atoms with Crippen molar-refractivity contribution in [3.05, 3.63) is 29.8 Å². The van der Waals surface area contributed by atoms with Crippen LogP contribution in [0.5, 0.6) is 0 Å². The topological polar surface area (TPSA) is 58.2 Å². The predicted octanol–water partition coefficient (Wildman–Crippen LogP) is 1.60. The molecule has 1 aromatic rings. The van der Waals surface area contributed by atoms with E-state index >= 15 is 0 Å². The molecular weight excluding hydrogens is 288 g/mol. The molecule has 0 amide bonds. The Morgan fingerprint density at radius 2 is 1.68 bits per heavy atom. The van der Waals surface area contributed by atoms with Gasteiger partial charge in [0.1, 0.15) is 5.37 Å². The zero-order valence-corrected chi connectivity index (χ0v) is 10.2. The Morgan fingerprint density at radius 1 is 1.11 bits per heavy atom. The maximum atomic E-state index is 12.9. The van der Waals surface area contributed by atoms with E-state index in [9.17, 15) is 26.0 Å². The molecule has 106 valence electrons. The summed E-state index contributed by atoms with van der Waals surface area (Å²) in [5, 5.41) is -1.20. The summed E-state index contributed by atoms with van der Waals surface area (Å²) in [4.78, 5) is -0.283. The first-order valence-electron chi connectivity index (χ1n) is 5.27. The molecule has 0 bridgehead atoms. The second kappa shape index (κ2) is 4.73. The number of nitrogens with one attached hydrogen (secondary N) is 2. The second-order valence-corrected chi connectivity index (χ2v) is 6.18. The van der Waals surface area contributed by atoms with Crippen LogP contribution < -0.4 is 10.9 Å². The molecule has 1 saturated heterocycles. The summed E-state index contributed by atoms with van der Waals surface area (Å²) < 4.78 is 73.9. The number of halogens is 4. The highest BCUT2D eigenvalue weighted by Crippen LogP contribution is 2.30. The van der Waals surface area contributed by atoms with Gasteiger partial charge in [-0.3, -0.25) is 0 Å². The van der Waals surface area contributed by atoms with Gasteiger partial charge < -0.3 is 0 Å². The lowest BCUT2D eigenvalue weighted by Gasteiger charge is -2.12. The Morgan fingerprint density at radius 3 is 2.11 bits per heavy atom. The zero-order chi connectivity index (χ0) is 14.3. The van der Waals surface area contributed by atoms with Crippen molar-refractivity contribution in [3.63, 3.8) is 0 Å². The third-order valence-corrected chi connectivity index (χ3v) is 4.70. The van der Waals surface area contributed by atoms with Crippen LogP contribution in [0.3, 0.4) is 0 Å². The van der Waals surface area contributed by atoms with Gasteiger partial charge in [0.25, 0.3) is 0 Å². The Labute approximate surface area is 106 Å². The molecule has 0 spiro atoms. The number of rotatable bonds is 2. The summed E-state index contributed by atoms with van der Waals surface area (Å²) in [6.07, 6.45) is -6.34. The normalized spacial score (nSPS) is 24.6. The van der Waals surface area contributed by atoms with Crippen molar-refractivity contribution in [2.45, 2.75) is 29.2 Å². The van der Waals surface area contributed by atoms with Crippen molar-refractivity contribution in [3.8, 4) is 0 Å².